The van der Waals surface area contributed by atoms with E-state index in [2.05, 4.69) is 0 Å². The number of nitrogens with zero attached hydrogens (tertiary/aromatic N) is 1. The number of amides is 1. The molecule has 88 valence electrons. The second kappa shape index (κ2) is 4.73. The number of rotatable bonds is 1. The molecule has 2 rings (SSSR count). The van der Waals surface area contributed by atoms with Crippen LogP contribution in [0, 0.1) is 13.8 Å². The van der Waals surface area contributed by atoms with Crippen LogP contribution in [-0.4, -0.2) is 23.9 Å². The van der Waals surface area contributed by atoms with Crippen LogP contribution < -0.4 is 0 Å². The number of hydrogen-bond acceptors (Lipinski definition) is 2. The predicted molar refractivity (Wildman–Crippen MR) is 62.6 cm³/mol. The smallest absolute Gasteiger partial charge is 0.257 e. The number of carbonyl (C=O) groups is 1. The molecule has 0 unspecified atom stereocenters. The third kappa shape index (κ3) is 2.29. The zero-order chi connectivity index (χ0) is 11.5. The van der Waals surface area contributed by atoms with Crippen LogP contribution in [0.5, 0.6) is 0 Å². The second-order valence-electron chi connectivity index (χ2n) is 4.53. The van der Waals surface area contributed by atoms with Gasteiger partial charge in [-0.05, 0) is 32.8 Å². The monoisotopic (exact) mass is 221 g/mol. The number of hydrogen-bond donors (Lipinski definition) is 0. The molecule has 0 radical (unpaired) electrons. The van der Waals surface area contributed by atoms with E-state index in [1.807, 2.05) is 24.8 Å². The van der Waals surface area contributed by atoms with Crippen molar-refractivity contribution >= 4 is 5.91 Å². The third-order valence-electron chi connectivity index (χ3n) is 3.16. The molecule has 3 heteroatoms. The van der Waals surface area contributed by atoms with E-state index in [9.17, 15) is 4.79 Å². The van der Waals surface area contributed by atoms with E-state index >= 15 is 0 Å². The highest BCUT2D eigenvalue weighted by Crippen LogP contribution is 2.18. The first-order valence-corrected chi connectivity index (χ1v) is 6.05. The Balaban J connectivity index is 2.14. The van der Waals surface area contributed by atoms with Crippen molar-refractivity contribution in [2.24, 2.45) is 0 Å². The summed E-state index contributed by atoms with van der Waals surface area (Å²) in [6.07, 6.45) is 4.74. The van der Waals surface area contributed by atoms with Crippen molar-refractivity contribution in [2.45, 2.75) is 39.5 Å². The average Bonchev–Trinajstić information content (AvgIpc) is 2.49. The first-order chi connectivity index (χ1) is 7.68. The summed E-state index contributed by atoms with van der Waals surface area (Å²) in [5.74, 6) is 1.69. The van der Waals surface area contributed by atoms with E-state index in [0.29, 0.717) is 0 Å². The van der Waals surface area contributed by atoms with Gasteiger partial charge in [-0.2, -0.15) is 0 Å². The molecule has 1 aromatic heterocycles. The third-order valence-corrected chi connectivity index (χ3v) is 3.16. The van der Waals surface area contributed by atoms with Crippen molar-refractivity contribution in [3.63, 3.8) is 0 Å². The van der Waals surface area contributed by atoms with Crippen LogP contribution in [-0.2, 0) is 0 Å². The van der Waals surface area contributed by atoms with E-state index in [1.54, 1.807) is 0 Å². The Hall–Kier alpha value is -1.25. The lowest BCUT2D eigenvalue weighted by molar-refractivity contribution is 0.0760. The van der Waals surface area contributed by atoms with Crippen molar-refractivity contribution in [1.82, 2.24) is 4.90 Å². The average molecular weight is 221 g/mol. The summed E-state index contributed by atoms with van der Waals surface area (Å²) in [6, 6.07) is 1.85. The van der Waals surface area contributed by atoms with Crippen LogP contribution in [0.2, 0.25) is 0 Å². The van der Waals surface area contributed by atoms with Crippen molar-refractivity contribution in [2.75, 3.05) is 13.1 Å². The maximum Gasteiger partial charge on any atom is 0.257 e. The Labute approximate surface area is 96.4 Å². The summed E-state index contributed by atoms with van der Waals surface area (Å²) in [6.45, 7) is 5.52. The Morgan fingerprint density at radius 1 is 1.19 bits per heavy atom. The molecule has 3 nitrogen and oxygen atoms in total. The molecule has 1 aliphatic rings. The van der Waals surface area contributed by atoms with E-state index in [-0.39, 0.29) is 5.91 Å². The van der Waals surface area contributed by atoms with Gasteiger partial charge in [-0.25, -0.2) is 0 Å². The summed E-state index contributed by atoms with van der Waals surface area (Å²) in [5.41, 5.74) is 0.736. The van der Waals surface area contributed by atoms with E-state index < -0.39 is 0 Å². The van der Waals surface area contributed by atoms with Gasteiger partial charge in [0.05, 0.1) is 5.56 Å². The molecule has 1 amide bonds. The molecule has 2 heterocycles. The Bertz CT molecular complexity index is 373. The van der Waals surface area contributed by atoms with E-state index in [4.69, 9.17) is 4.42 Å². The number of aryl methyl sites for hydroxylation is 2. The first kappa shape index (κ1) is 11.2. The Kier molecular flexibility index (Phi) is 3.32. The van der Waals surface area contributed by atoms with Crippen LogP contribution in [0.4, 0.5) is 0 Å². The summed E-state index contributed by atoms with van der Waals surface area (Å²) in [5, 5.41) is 0. The van der Waals surface area contributed by atoms with Gasteiger partial charge in [-0.3, -0.25) is 4.79 Å². The summed E-state index contributed by atoms with van der Waals surface area (Å²) >= 11 is 0. The molecular weight excluding hydrogens is 202 g/mol. The molecule has 0 atom stereocenters. The predicted octanol–water partition coefficient (Wildman–Crippen LogP) is 2.91. The highest BCUT2D eigenvalue weighted by Gasteiger charge is 2.20. The molecule has 1 aromatic rings. The minimum absolute atomic E-state index is 0.135. The molecule has 0 aliphatic carbocycles. The maximum absolute atomic E-state index is 12.3. The van der Waals surface area contributed by atoms with Crippen LogP contribution in [0.25, 0.3) is 0 Å². The summed E-state index contributed by atoms with van der Waals surface area (Å²) in [4.78, 5) is 14.2. The van der Waals surface area contributed by atoms with Gasteiger partial charge in [0, 0.05) is 13.1 Å². The van der Waals surface area contributed by atoms with Crippen LogP contribution in [0.1, 0.15) is 47.6 Å². The van der Waals surface area contributed by atoms with Gasteiger partial charge >= 0.3 is 0 Å². The lowest BCUT2D eigenvalue weighted by atomic mass is 10.2. The molecule has 1 saturated heterocycles. The topological polar surface area (TPSA) is 33.5 Å². The zero-order valence-electron chi connectivity index (χ0n) is 10.1. The molecule has 0 bridgehead atoms. The zero-order valence-corrected chi connectivity index (χ0v) is 10.1. The van der Waals surface area contributed by atoms with Crippen LogP contribution in [0.3, 0.4) is 0 Å². The fourth-order valence-electron chi connectivity index (χ4n) is 2.29. The number of likely N-dealkylation sites (tertiary alicyclic amines) is 1. The van der Waals surface area contributed by atoms with Gasteiger partial charge < -0.3 is 9.32 Å². The van der Waals surface area contributed by atoms with Crippen molar-refractivity contribution in [3.05, 3.63) is 23.2 Å². The number of furan rings is 1. The van der Waals surface area contributed by atoms with Crippen molar-refractivity contribution in [1.29, 1.82) is 0 Å². The maximum atomic E-state index is 12.3. The lowest BCUT2D eigenvalue weighted by Crippen LogP contribution is -2.31. The van der Waals surface area contributed by atoms with Gasteiger partial charge in [-0.1, -0.05) is 12.8 Å². The summed E-state index contributed by atoms with van der Waals surface area (Å²) < 4.78 is 5.41. The molecule has 16 heavy (non-hydrogen) atoms. The molecule has 1 fully saturated rings. The molecule has 0 saturated carbocycles. The normalized spacial score (nSPS) is 17.2. The first-order valence-electron chi connectivity index (χ1n) is 6.05. The van der Waals surface area contributed by atoms with Crippen molar-refractivity contribution < 1.29 is 9.21 Å². The van der Waals surface area contributed by atoms with Gasteiger partial charge in [0.25, 0.3) is 5.91 Å². The van der Waals surface area contributed by atoms with Gasteiger partial charge in [0.1, 0.15) is 11.5 Å². The fourth-order valence-corrected chi connectivity index (χ4v) is 2.29. The van der Waals surface area contributed by atoms with E-state index in [0.717, 1.165) is 43.0 Å². The summed E-state index contributed by atoms with van der Waals surface area (Å²) in [7, 11) is 0. The second-order valence-corrected chi connectivity index (χ2v) is 4.53. The Morgan fingerprint density at radius 2 is 1.81 bits per heavy atom. The lowest BCUT2D eigenvalue weighted by Gasteiger charge is -2.19. The van der Waals surface area contributed by atoms with Gasteiger partial charge in [0.2, 0.25) is 0 Å². The molecular formula is C13H19NO2. The Morgan fingerprint density at radius 3 is 2.31 bits per heavy atom. The quantitative estimate of drug-likeness (QED) is 0.730. The largest absolute Gasteiger partial charge is 0.466 e. The SMILES string of the molecule is Cc1cc(C(=O)N2CCCCCC2)c(C)o1. The van der Waals surface area contributed by atoms with Gasteiger partial charge in [-0.15, -0.1) is 0 Å². The van der Waals surface area contributed by atoms with Gasteiger partial charge in [0.15, 0.2) is 0 Å². The van der Waals surface area contributed by atoms with E-state index in [1.165, 1.54) is 12.8 Å². The van der Waals surface area contributed by atoms with Crippen LogP contribution in [0.15, 0.2) is 10.5 Å². The molecule has 0 aromatic carbocycles. The number of carbonyl (C=O) groups excluding carboxylic acids is 1. The minimum atomic E-state index is 0.135. The van der Waals surface area contributed by atoms with Crippen LogP contribution >= 0.6 is 0 Å². The minimum Gasteiger partial charge on any atom is -0.466 e. The highest BCUT2D eigenvalue weighted by molar-refractivity contribution is 5.95. The highest BCUT2D eigenvalue weighted by atomic mass is 16.3. The molecule has 0 spiro atoms. The molecule has 1 aliphatic heterocycles. The molecule has 0 N–H and O–H groups in total. The fraction of sp³-hybridized carbons (Fsp3) is 0.615. The van der Waals surface area contributed by atoms with Crippen molar-refractivity contribution in [3.8, 4) is 0 Å². The standard InChI is InChI=1S/C13H19NO2/c1-10-9-12(11(2)16-10)13(15)14-7-5-3-4-6-8-14/h9H,3-8H2,1-2H3.